The van der Waals surface area contributed by atoms with Crippen LogP contribution in [0, 0.1) is 0 Å². The topological polar surface area (TPSA) is 66.4 Å². The van der Waals surface area contributed by atoms with Crippen molar-refractivity contribution in [1.29, 1.82) is 0 Å². The maximum Gasteiger partial charge on any atom is 0.326 e. The van der Waals surface area contributed by atoms with Crippen molar-refractivity contribution in [3.05, 3.63) is 35.2 Å². The maximum absolute atomic E-state index is 12.1. The molecule has 106 valence electrons. The smallest absolute Gasteiger partial charge is 0.326 e. The van der Waals surface area contributed by atoms with Crippen molar-refractivity contribution in [1.82, 2.24) is 5.32 Å². The molecule has 0 aliphatic heterocycles. The molecule has 0 spiro atoms. The molecule has 5 heteroatoms. The minimum Gasteiger partial charge on any atom is -0.480 e. The zero-order valence-electron chi connectivity index (χ0n) is 11.3. The number of carbonyl (C=O) groups is 2. The average molecular weight is 291 g/mol. The molecule has 1 atom stereocenters. The third-order valence-corrected chi connectivity index (χ3v) is 4.21. The minimum atomic E-state index is -0.979. The Morgan fingerprint density at radius 2 is 2.10 bits per heavy atom. The number of aliphatic carboxylic acids is 1. The summed E-state index contributed by atoms with van der Waals surface area (Å²) in [5.41, 5.74) is 0. The van der Waals surface area contributed by atoms with E-state index in [1.54, 1.807) is 6.07 Å². The third-order valence-electron chi connectivity index (χ3n) is 3.10. The molecule has 1 aromatic heterocycles. The Kier molecular flexibility index (Phi) is 4.74. The quantitative estimate of drug-likeness (QED) is 0.858. The monoisotopic (exact) mass is 291 g/mol. The number of carboxylic acid groups (broad SMARTS) is 1. The predicted octanol–water partition coefficient (Wildman–Crippen LogP) is 3.27. The van der Waals surface area contributed by atoms with Gasteiger partial charge in [0.25, 0.3) is 5.91 Å². The van der Waals surface area contributed by atoms with Gasteiger partial charge in [-0.3, -0.25) is 4.79 Å². The van der Waals surface area contributed by atoms with Crippen molar-refractivity contribution < 1.29 is 14.7 Å². The Morgan fingerprint density at radius 3 is 2.75 bits per heavy atom. The number of carboxylic acids is 1. The molecule has 0 bridgehead atoms. The van der Waals surface area contributed by atoms with Crippen molar-refractivity contribution in [3.63, 3.8) is 0 Å². The van der Waals surface area contributed by atoms with Gasteiger partial charge in [0.2, 0.25) is 0 Å². The van der Waals surface area contributed by atoms with Crippen LogP contribution in [0.15, 0.2) is 30.3 Å². The number of nitrogens with one attached hydrogen (secondary N) is 1. The first kappa shape index (κ1) is 14.5. The van der Waals surface area contributed by atoms with Crippen LogP contribution >= 0.6 is 11.3 Å². The van der Waals surface area contributed by atoms with Crippen LogP contribution in [0.4, 0.5) is 0 Å². The standard InChI is InChI=1S/C15H17NO3S/c1-2-3-7-11(15(18)19)16-14(17)13-9-10-6-4-5-8-12(10)20-13/h4-6,8-9,11H,2-3,7H2,1H3,(H,16,17)(H,18,19)/t11-/m0/s1. The van der Waals surface area contributed by atoms with Gasteiger partial charge >= 0.3 is 5.97 Å². The lowest BCUT2D eigenvalue weighted by Crippen LogP contribution is -2.40. The molecule has 0 fully saturated rings. The fourth-order valence-corrected chi connectivity index (χ4v) is 2.95. The molecule has 4 nitrogen and oxygen atoms in total. The summed E-state index contributed by atoms with van der Waals surface area (Å²) < 4.78 is 1.03. The molecule has 0 aliphatic carbocycles. The number of thiophene rings is 1. The summed E-state index contributed by atoms with van der Waals surface area (Å²) in [6.07, 6.45) is 2.15. The van der Waals surface area contributed by atoms with Crippen LogP contribution in [0.3, 0.4) is 0 Å². The van der Waals surface area contributed by atoms with Crippen LogP contribution in [0.2, 0.25) is 0 Å². The predicted molar refractivity (Wildman–Crippen MR) is 80.2 cm³/mol. The zero-order chi connectivity index (χ0) is 14.5. The van der Waals surface area contributed by atoms with Crippen LogP contribution in [0.25, 0.3) is 10.1 Å². The molecule has 2 N–H and O–H groups in total. The van der Waals surface area contributed by atoms with Gasteiger partial charge in [0, 0.05) is 4.70 Å². The summed E-state index contributed by atoms with van der Waals surface area (Å²) >= 11 is 1.38. The molecule has 1 aromatic carbocycles. The molecule has 2 rings (SSSR count). The molecule has 1 amide bonds. The summed E-state index contributed by atoms with van der Waals surface area (Å²) in [7, 11) is 0. The van der Waals surface area contributed by atoms with Gasteiger partial charge in [0.1, 0.15) is 6.04 Å². The van der Waals surface area contributed by atoms with E-state index in [0.29, 0.717) is 11.3 Å². The van der Waals surface area contributed by atoms with Crippen LogP contribution in [-0.2, 0) is 4.79 Å². The SMILES string of the molecule is CCCC[C@H](NC(=O)c1cc2ccccc2s1)C(=O)O. The molecule has 0 saturated carbocycles. The molecule has 20 heavy (non-hydrogen) atoms. The summed E-state index contributed by atoms with van der Waals surface area (Å²) in [6, 6.07) is 8.71. The second kappa shape index (κ2) is 6.52. The van der Waals surface area contributed by atoms with E-state index in [1.165, 1.54) is 11.3 Å². The maximum atomic E-state index is 12.1. The minimum absolute atomic E-state index is 0.310. The Labute approximate surface area is 121 Å². The van der Waals surface area contributed by atoms with E-state index < -0.39 is 12.0 Å². The van der Waals surface area contributed by atoms with Gasteiger partial charge in [0.05, 0.1) is 4.88 Å². The van der Waals surface area contributed by atoms with Crippen molar-refractivity contribution in [2.24, 2.45) is 0 Å². The highest BCUT2D eigenvalue weighted by molar-refractivity contribution is 7.20. The lowest BCUT2D eigenvalue weighted by atomic mass is 10.1. The normalized spacial score (nSPS) is 12.2. The van der Waals surface area contributed by atoms with Gasteiger partial charge in [-0.15, -0.1) is 11.3 Å². The summed E-state index contributed by atoms with van der Waals surface area (Å²) in [6.45, 7) is 1.99. The Hall–Kier alpha value is -1.88. The molecule has 0 saturated heterocycles. The highest BCUT2D eigenvalue weighted by atomic mass is 32.1. The molecule has 0 unspecified atom stereocenters. The molecule has 2 aromatic rings. The number of hydrogen-bond donors (Lipinski definition) is 2. The molecular formula is C15H17NO3S. The highest BCUT2D eigenvalue weighted by Crippen LogP contribution is 2.25. The second-order valence-electron chi connectivity index (χ2n) is 4.65. The summed E-state index contributed by atoms with van der Waals surface area (Å²) in [4.78, 5) is 23.8. The van der Waals surface area contributed by atoms with E-state index in [-0.39, 0.29) is 5.91 Å². The zero-order valence-corrected chi connectivity index (χ0v) is 12.1. The van der Waals surface area contributed by atoms with Crippen LogP contribution < -0.4 is 5.32 Å². The number of amides is 1. The Balaban J connectivity index is 2.11. The number of fused-ring (bicyclic) bond motifs is 1. The van der Waals surface area contributed by atoms with E-state index in [0.717, 1.165) is 22.9 Å². The molecule has 1 heterocycles. The van der Waals surface area contributed by atoms with E-state index >= 15 is 0 Å². The van der Waals surface area contributed by atoms with E-state index in [2.05, 4.69) is 5.32 Å². The van der Waals surface area contributed by atoms with E-state index in [4.69, 9.17) is 5.11 Å². The third kappa shape index (κ3) is 3.36. The van der Waals surface area contributed by atoms with Crippen molar-refractivity contribution in [2.45, 2.75) is 32.2 Å². The first-order chi connectivity index (χ1) is 9.61. The highest BCUT2D eigenvalue weighted by Gasteiger charge is 2.20. The van der Waals surface area contributed by atoms with Crippen molar-refractivity contribution in [3.8, 4) is 0 Å². The number of hydrogen-bond acceptors (Lipinski definition) is 3. The van der Waals surface area contributed by atoms with Gasteiger partial charge in [0.15, 0.2) is 0 Å². The van der Waals surface area contributed by atoms with Crippen molar-refractivity contribution >= 4 is 33.3 Å². The van der Waals surface area contributed by atoms with Gasteiger partial charge < -0.3 is 10.4 Å². The lowest BCUT2D eigenvalue weighted by Gasteiger charge is -2.13. The number of benzene rings is 1. The lowest BCUT2D eigenvalue weighted by molar-refractivity contribution is -0.139. The largest absolute Gasteiger partial charge is 0.480 e. The van der Waals surface area contributed by atoms with Crippen molar-refractivity contribution in [2.75, 3.05) is 0 Å². The first-order valence-corrected chi connectivity index (χ1v) is 7.45. The van der Waals surface area contributed by atoms with E-state index in [9.17, 15) is 9.59 Å². The fraction of sp³-hybridized carbons (Fsp3) is 0.333. The van der Waals surface area contributed by atoms with Crippen LogP contribution in [-0.4, -0.2) is 23.0 Å². The Morgan fingerprint density at radius 1 is 1.35 bits per heavy atom. The molecular weight excluding hydrogens is 274 g/mol. The number of unbranched alkanes of at least 4 members (excludes halogenated alkanes) is 1. The van der Waals surface area contributed by atoms with Crippen LogP contribution in [0.5, 0.6) is 0 Å². The number of carbonyl (C=O) groups excluding carboxylic acids is 1. The molecule has 0 radical (unpaired) electrons. The molecule has 0 aliphatic rings. The van der Waals surface area contributed by atoms with Gasteiger partial charge in [-0.05, 0) is 23.9 Å². The van der Waals surface area contributed by atoms with Crippen LogP contribution in [0.1, 0.15) is 35.9 Å². The Bertz CT molecular complexity index is 587. The second-order valence-corrected chi connectivity index (χ2v) is 5.74. The number of rotatable bonds is 6. The van der Waals surface area contributed by atoms with Gasteiger partial charge in [-0.1, -0.05) is 38.0 Å². The van der Waals surface area contributed by atoms with E-state index in [1.807, 2.05) is 31.2 Å². The fourth-order valence-electron chi connectivity index (χ4n) is 1.99. The summed E-state index contributed by atoms with van der Waals surface area (Å²) in [5, 5.41) is 12.7. The average Bonchev–Trinajstić information content (AvgIpc) is 2.86. The van der Waals surface area contributed by atoms with Gasteiger partial charge in [-0.2, -0.15) is 0 Å². The summed E-state index contributed by atoms with van der Waals surface area (Å²) in [5.74, 6) is -1.29. The first-order valence-electron chi connectivity index (χ1n) is 6.64. The van der Waals surface area contributed by atoms with Gasteiger partial charge in [-0.25, -0.2) is 4.79 Å².